The molecule has 126 valence electrons. The summed E-state index contributed by atoms with van der Waals surface area (Å²) in [6.07, 6.45) is 0. The molecule has 0 unspecified atom stereocenters. The molecule has 0 atom stereocenters. The lowest BCUT2D eigenvalue weighted by molar-refractivity contribution is -0.782. The van der Waals surface area contributed by atoms with Gasteiger partial charge < -0.3 is 10.9 Å². The minimum Gasteiger partial charge on any atom is -0.393 e. The van der Waals surface area contributed by atoms with Gasteiger partial charge in [-0.2, -0.15) is 0 Å². The van der Waals surface area contributed by atoms with Crippen LogP contribution in [0.25, 0.3) is 11.0 Å². The van der Waals surface area contributed by atoms with Gasteiger partial charge in [0.15, 0.2) is 0 Å². The van der Waals surface area contributed by atoms with Crippen LogP contribution in [-0.2, 0) is 0 Å². The van der Waals surface area contributed by atoms with Crippen molar-refractivity contribution in [1.29, 1.82) is 0 Å². The van der Waals surface area contributed by atoms with Crippen LogP contribution < -0.4 is 10.6 Å². The molecule has 0 amide bonds. The number of benzene rings is 2. The van der Waals surface area contributed by atoms with E-state index in [1.54, 1.807) is 18.2 Å². The molecule has 8 nitrogen and oxygen atoms in total. The van der Waals surface area contributed by atoms with E-state index in [9.17, 15) is 15.3 Å². The first-order valence-electron chi connectivity index (χ1n) is 5.95. The van der Waals surface area contributed by atoms with E-state index in [4.69, 9.17) is 28.9 Å². The van der Waals surface area contributed by atoms with Gasteiger partial charge in [-0.05, 0) is 61.0 Å². The van der Waals surface area contributed by atoms with Gasteiger partial charge >= 0.3 is 5.69 Å². The summed E-state index contributed by atoms with van der Waals surface area (Å²) in [6.45, 7) is 0. The van der Waals surface area contributed by atoms with E-state index in [1.165, 1.54) is 6.07 Å². The summed E-state index contributed by atoms with van der Waals surface area (Å²) in [5.74, 6) is 0. The van der Waals surface area contributed by atoms with Crippen molar-refractivity contribution in [3.8, 4) is 0 Å². The molecule has 1 aromatic heterocycles. The summed E-state index contributed by atoms with van der Waals surface area (Å²) in [5, 5.41) is 25.2. The highest BCUT2D eigenvalue weighted by molar-refractivity contribution is 9.10. The Morgan fingerprint density at radius 1 is 1.17 bits per heavy atom. The van der Waals surface area contributed by atoms with E-state index in [2.05, 4.69) is 41.6 Å². The first-order valence-corrected chi connectivity index (χ1v) is 8.29. The average Bonchev–Trinajstić information content (AvgIpc) is 2.89. The molecule has 2 N–H and O–H groups in total. The highest BCUT2D eigenvalue weighted by atomic mass is 79.9. The van der Waals surface area contributed by atoms with Crippen molar-refractivity contribution >= 4 is 77.5 Å². The number of nitro groups is 1. The van der Waals surface area contributed by atoms with Crippen molar-refractivity contribution in [3.63, 3.8) is 0 Å². The van der Waals surface area contributed by atoms with Gasteiger partial charge in [-0.15, -0.1) is 0 Å². The molecule has 0 bridgehead atoms. The number of rotatable bonds is 1. The van der Waals surface area contributed by atoms with E-state index in [0.29, 0.717) is 19.5 Å². The van der Waals surface area contributed by atoms with Crippen LogP contribution in [0.1, 0.15) is 0 Å². The van der Waals surface area contributed by atoms with Gasteiger partial charge in [0.25, 0.3) is 0 Å². The Hall–Kier alpha value is -1.62. The van der Waals surface area contributed by atoms with Crippen LogP contribution in [0.2, 0.25) is 10.0 Å². The van der Waals surface area contributed by atoms with Gasteiger partial charge in [0.2, 0.25) is 11.0 Å². The minimum absolute atomic E-state index is 0.0278. The molecule has 0 spiro atoms. The van der Waals surface area contributed by atoms with E-state index >= 15 is 0 Å². The summed E-state index contributed by atoms with van der Waals surface area (Å²) in [5.41, 5.74) is 5.83. The average molecular weight is 501 g/mol. The van der Waals surface area contributed by atoms with Crippen molar-refractivity contribution in [2.24, 2.45) is 0 Å². The maximum absolute atomic E-state index is 10.9. The highest BCUT2D eigenvalue weighted by Gasteiger charge is 2.18. The third-order valence-electron chi connectivity index (χ3n) is 2.73. The largest absolute Gasteiger partial charge is 0.393 e. The smallest absolute Gasteiger partial charge is 0.311 e. The van der Waals surface area contributed by atoms with Crippen LogP contribution in [-0.4, -0.2) is 10.1 Å². The summed E-state index contributed by atoms with van der Waals surface area (Å²) < 4.78 is 5.46. The number of nitrogen functional groups attached to an aromatic ring is 1. The van der Waals surface area contributed by atoms with E-state index in [-0.39, 0.29) is 26.8 Å². The van der Waals surface area contributed by atoms with Gasteiger partial charge in [0.05, 0.1) is 4.92 Å². The lowest BCUT2D eigenvalue weighted by Gasteiger charge is -2.00. The Labute approximate surface area is 161 Å². The van der Waals surface area contributed by atoms with Crippen molar-refractivity contribution in [2.45, 2.75) is 0 Å². The zero-order chi connectivity index (χ0) is 18.0. The molecular weight excluding hydrogens is 495 g/mol. The highest BCUT2D eigenvalue weighted by Crippen LogP contribution is 2.36. The molecule has 12 heteroatoms. The van der Waals surface area contributed by atoms with E-state index in [0.717, 1.165) is 0 Å². The molecule has 3 aromatic rings. The number of hydrogen-bond acceptors (Lipinski definition) is 6. The second kappa shape index (κ2) is 7.51. The summed E-state index contributed by atoms with van der Waals surface area (Å²) in [6, 6.07) is 6.33. The van der Waals surface area contributed by atoms with E-state index < -0.39 is 4.92 Å². The lowest BCUT2D eigenvalue weighted by atomic mass is 10.3. The summed E-state index contributed by atoms with van der Waals surface area (Å²) in [4.78, 5) is 10.1. The fourth-order valence-electron chi connectivity index (χ4n) is 1.64. The van der Waals surface area contributed by atoms with Gasteiger partial charge in [-0.3, -0.25) is 14.7 Å². The maximum atomic E-state index is 10.9. The molecule has 0 saturated carbocycles. The standard InChI is InChI=1S/C6H2BrClN2O2.C6H4BrClN2O2/c7-3-1-2-4-6(5(3)8)10(11)12-9-4;7-3-1-2-4(9)6(5(3)8)10(11)12/h1-2H;1-2H,9H2. The minimum atomic E-state index is -0.609. The summed E-state index contributed by atoms with van der Waals surface area (Å²) in [7, 11) is 0. The van der Waals surface area contributed by atoms with Gasteiger partial charge in [0.1, 0.15) is 15.7 Å². The molecule has 0 aliphatic rings. The Kier molecular flexibility index (Phi) is 5.86. The number of fused-ring (bicyclic) bond motifs is 1. The fourth-order valence-corrected chi connectivity index (χ4v) is 2.75. The van der Waals surface area contributed by atoms with Crippen LogP contribution in [0.3, 0.4) is 0 Å². The zero-order valence-corrected chi connectivity index (χ0v) is 16.1. The molecule has 0 aliphatic carbocycles. The quantitative estimate of drug-likeness (QED) is 0.228. The third-order valence-corrected chi connectivity index (χ3v) is 5.27. The third kappa shape index (κ3) is 3.72. The number of nitro benzene ring substituents is 1. The van der Waals surface area contributed by atoms with Gasteiger partial charge in [-0.1, -0.05) is 23.2 Å². The van der Waals surface area contributed by atoms with Crippen LogP contribution in [0.5, 0.6) is 0 Å². The monoisotopic (exact) mass is 498 g/mol. The van der Waals surface area contributed by atoms with Crippen molar-refractivity contribution in [2.75, 3.05) is 5.73 Å². The second-order valence-corrected chi connectivity index (χ2v) is 6.68. The molecular formula is C12H6Br2Cl2N4O4. The van der Waals surface area contributed by atoms with Gasteiger partial charge in [0, 0.05) is 14.1 Å². The lowest BCUT2D eigenvalue weighted by Crippen LogP contribution is -2.22. The molecule has 0 radical (unpaired) electrons. The Balaban J connectivity index is 0.000000174. The molecule has 3 rings (SSSR count). The molecule has 1 heterocycles. The van der Waals surface area contributed by atoms with Crippen LogP contribution in [0.4, 0.5) is 11.4 Å². The van der Waals surface area contributed by atoms with Crippen molar-refractivity contribution < 1.29 is 14.5 Å². The number of nitrogens with zero attached hydrogens (tertiary/aromatic N) is 3. The topological polar surface area (TPSA) is 122 Å². The predicted octanol–water partition coefficient (Wildman–Crippen LogP) is 4.47. The fraction of sp³-hybridized carbons (Fsp3) is 0. The van der Waals surface area contributed by atoms with Crippen LogP contribution in [0, 0.1) is 15.3 Å². The maximum Gasteiger partial charge on any atom is 0.311 e. The summed E-state index contributed by atoms with van der Waals surface area (Å²) >= 11 is 17.7. The molecule has 0 aliphatic heterocycles. The molecule has 2 aromatic carbocycles. The number of nitrogens with two attached hydrogens (primary N) is 1. The number of hydrogen-bond donors (Lipinski definition) is 1. The Morgan fingerprint density at radius 2 is 1.75 bits per heavy atom. The first kappa shape index (κ1) is 18.7. The van der Waals surface area contributed by atoms with Crippen molar-refractivity contribution in [1.82, 2.24) is 5.16 Å². The molecule has 24 heavy (non-hydrogen) atoms. The zero-order valence-electron chi connectivity index (χ0n) is 11.4. The van der Waals surface area contributed by atoms with Crippen LogP contribution >= 0.6 is 55.1 Å². The normalized spacial score (nSPS) is 10.3. The predicted molar refractivity (Wildman–Crippen MR) is 95.9 cm³/mol. The Bertz CT molecular complexity index is 935. The molecule has 0 fully saturated rings. The second-order valence-electron chi connectivity index (χ2n) is 4.22. The number of anilines is 1. The SMILES string of the molecule is Nc1ccc(Br)c(Cl)c1[N+](=O)[O-].[O-][n+]1onc2ccc(Br)c(Cl)c21. The van der Waals surface area contributed by atoms with Crippen molar-refractivity contribution in [3.05, 3.63) is 58.6 Å². The van der Waals surface area contributed by atoms with E-state index in [1.807, 2.05) is 0 Å². The Morgan fingerprint density at radius 3 is 2.33 bits per heavy atom. The molecule has 0 saturated heterocycles. The van der Waals surface area contributed by atoms with Gasteiger partial charge in [-0.25, -0.2) is 0 Å². The number of halogens is 4. The number of aromatic nitrogens is 2. The van der Waals surface area contributed by atoms with Crippen LogP contribution in [0.15, 0.2) is 37.8 Å². The first-order chi connectivity index (χ1) is 11.2.